The van der Waals surface area contributed by atoms with Crippen LogP contribution in [0.4, 0.5) is 5.69 Å². The first-order chi connectivity index (χ1) is 9.88. The van der Waals surface area contributed by atoms with Gasteiger partial charge in [-0.25, -0.2) is 9.78 Å². The lowest BCUT2D eigenvalue weighted by atomic mass is 10.1. The summed E-state index contributed by atoms with van der Waals surface area (Å²) in [6.45, 7) is 1.65. The number of pyridine rings is 1. The molecule has 1 N–H and O–H groups in total. The lowest BCUT2D eigenvalue weighted by Crippen LogP contribution is -1.99. The van der Waals surface area contributed by atoms with Crippen molar-refractivity contribution in [3.63, 3.8) is 0 Å². The molecular formula is C13H9BrN2O5. The van der Waals surface area contributed by atoms with Crippen LogP contribution in [0.15, 0.2) is 34.9 Å². The molecule has 0 saturated carbocycles. The Labute approximate surface area is 127 Å². The zero-order valence-corrected chi connectivity index (χ0v) is 12.3. The van der Waals surface area contributed by atoms with Crippen molar-refractivity contribution in [3.8, 4) is 11.6 Å². The second-order valence-corrected chi connectivity index (χ2v) is 5.04. The minimum absolute atomic E-state index is 0.109. The fraction of sp³-hybridized carbons (Fsp3) is 0.0769. The molecule has 8 heteroatoms. The highest BCUT2D eigenvalue weighted by molar-refractivity contribution is 9.10. The highest BCUT2D eigenvalue weighted by atomic mass is 79.9. The van der Waals surface area contributed by atoms with E-state index in [9.17, 15) is 14.9 Å². The van der Waals surface area contributed by atoms with Gasteiger partial charge in [-0.3, -0.25) is 10.1 Å². The van der Waals surface area contributed by atoms with E-state index in [-0.39, 0.29) is 17.1 Å². The molecule has 0 bridgehead atoms. The number of benzene rings is 1. The average Bonchev–Trinajstić information content (AvgIpc) is 2.42. The van der Waals surface area contributed by atoms with Crippen LogP contribution in [-0.4, -0.2) is 21.0 Å². The molecule has 0 fully saturated rings. The normalized spacial score (nSPS) is 10.2. The van der Waals surface area contributed by atoms with Gasteiger partial charge in [-0.1, -0.05) is 0 Å². The van der Waals surface area contributed by atoms with Gasteiger partial charge in [0.2, 0.25) is 0 Å². The number of ether oxygens (including phenoxy) is 1. The average molecular weight is 353 g/mol. The van der Waals surface area contributed by atoms with E-state index in [4.69, 9.17) is 9.84 Å². The van der Waals surface area contributed by atoms with Gasteiger partial charge in [-0.15, -0.1) is 0 Å². The Morgan fingerprint density at radius 3 is 2.71 bits per heavy atom. The van der Waals surface area contributed by atoms with Crippen LogP contribution in [0, 0.1) is 17.0 Å². The molecule has 2 rings (SSSR count). The van der Waals surface area contributed by atoms with Crippen LogP contribution < -0.4 is 4.74 Å². The SMILES string of the molecule is Cc1cc(C(=O)O)ccc1Oc1ncc(Br)cc1[N+](=O)[O-]. The summed E-state index contributed by atoms with van der Waals surface area (Å²) in [4.78, 5) is 25.1. The Morgan fingerprint density at radius 2 is 2.14 bits per heavy atom. The first-order valence-corrected chi connectivity index (χ1v) is 6.49. The summed E-state index contributed by atoms with van der Waals surface area (Å²) in [6.07, 6.45) is 1.38. The van der Waals surface area contributed by atoms with E-state index < -0.39 is 10.9 Å². The van der Waals surface area contributed by atoms with Crippen LogP contribution in [0.3, 0.4) is 0 Å². The third kappa shape index (κ3) is 3.34. The van der Waals surface area contributed by atoms with Crippen molar-refractivity contribution in [3.05, 3.63) is 56.2 Å². The number of nitro groups is 1. The number of aryl methyl sites for hydroxylation is 1. The Morgan fingerprint density at radius 1 is 1.43 bits per heavy atom. The first kappa shape index (κ1) is 14.9. The minimum Gasteiger partial charge on any atom is -0.478 e. The topological polar surface area (TPSA) is 103 Å². The number of nitrogens with zero attached hydrogens (tertiary/aromatic N) is 2. The van der Waals surface area contributed by atoms with E-state index >= 15 is 0 Å². The maximum absolute atomic E-state index is 11.0. The molecule has 1 heterocycles. The Kier molecular flexibility index (Phi) is 4.18. The second kappa shape index (κ2) is 5.88. The van der Waals surface area contributed by atoms with Crippen molar-refractivity contribution in [2.24, 2.45) is 0 Å². The quantitative estimate of drug-likeness (QED) is 0.666. The number of aromatic nitrogens is 1. The third-order valence-corrected chi connectivity index (χ3v) is 3.06. The predicted molar refractivity (Wildman–Crippen MR) is 76.8 cm³/mol. The van der Waals surface area contributed by atoms with Gasteiger partial charge >= 0.3 is 11.7 Å². The summed E-state index contributed by atoms with van der Waals surface area (Å²) in [5.41, 5.74) is 0.359. The van der Waals surface area contributed by atoms with E-state index in [0.717, 1.165) is 0 Å². The number of hydrogen-bond donors (Lipinski definition) is 1. The van der Waals surface area contributed by atoms with Gasteiger partial charge < -0.3 is 9.84 Å². The maximum atomic E-state index is 11.0. The molecule has 0 radical (unpaired) electrons. The van der Waals surface area contributed by atoms with Crippen LogP contribution in [0.25, 0.3) is 0 Å². The van der Waals surface area contributed by atoms with E-state index in [1.165, 1.54) is 30.5 Å². The van der Waals surface area contributed by atoms with Crippen molar-refractivity contribution >= 4 is 27.6 Å². The van der Waals surface area contributed by atoms with Gasteiger partial charge in [0.15, 0.2) is 0 Å². The van der Waals surface area contributed by atoms with Crippen LogP contribution >= 0.6 is 15.9 Å². The predicted octanol–water partition coefficient (Wildman–Crippen LogP) is 3.55. The van der Waals surface area contributed by atoms with Crippen LogP contribution in [0.5, 0.6) is 11.6 Å². The van der Waals surface area contributed by atoms with Gasteiger partial charge in [0, 0.05) is 16.7 Å². The zero-order valence-electron chi connectivity index (χ0n) is 10.7. The molecule has 0 aliphatic rings. The summed E-state index contributed by atoms with van der Waals surface area (Å²) in [5, 5.41) is 19.9. The molecule has 1 aromatic heterocycles. The maximum Gasteiger partial charge on any atom is 0.335 e. The number of hydrogen-bond acceptors (Lipinski definition) is 5. The van der Waals surface area contributed by atoms with Gasteiger partial charge in [0.25, 0.3) is 5.88 Å². The van der Waals surface area contributed by atoms with Crippen molar-refractivity contribution < 1.29 is 19.6 Å². The minimum atomic E-state index is -1.06. The van der Waals surface area contributed by atoms with Crippen LogP contribution in [-0.2, 0) is 0 Å². The molecule has 21 heavy (non-hydrogen) atoms. The molecule has 108 valence electrons. The fourth-order valence-corrected chi connectivity index (χ4v) is 1.95. The van der Waals surface area contributed by atoms with Crippen molar-refractivity contribution in [1.29, 1.82) is 0 Å². The highest BCUT2D eigenvalue weighted by Crippen LogP contribution is 2.32. The highest BCUT2D eigenvalue weighted by Gasteiger charge is 2.19. The Bertz CT molecular complexity index is 732. The van der Waals surface area contributed by atoms with E-state index in [1.807, 2.05) is 0 Å². The molecule has 0 aliphatic carbocycles. The molecule has 0 unspecified atom stereocenters. The van der Waals surface area contributed by atoms with E-state index in [2.05, 4.69) is 20.9 Å². The monoisotopic (exact) mass is 352 g/mol. The van der Waals surface area contributed by atoms with Gasteiger partial charge in [-0.05, 0) is 46.6 Å². The molecular weight excluding hydrogens is 344 g/mol. The summed E-state index contributed by atoms with van der Waals surface area (Å²) < 4.78 is 5.88. The number of halogens is 1. The number of rotatable bonds is 4. The van der Waals surface area contributed by atoms with Crippen molar-refractivity contribution in [2.45, 2.75) is 6.92 Å². The molecule has 0 spiro atoms. The first-order valence-electron chi connectivity index (χ1n) is 5.70. The number of carboxylic acids is 1. The summed E-state index contributed by atoms with van der Waals surface area (Å²) >= 11 is 3.10. The van der Waals surface area contributed by atoms with Crippen molar-refractivity contribution in [2.75, 3.05) is 0 Å². The van der Waals surface area contributed by atoms with Gasteiger partial charge in [0.1, 0.15) is 5.75 Å². The molecule has 0 saturated heterocycles. The molecule has 0 amide bonds. The zero-order chi connectivity index (χ0) is 15.6. The molecule has 0 aliphatic heterocycles. The number of carbonyl (C=O) groups is 1. The van der Waals surface area contributed by atoms with Gasteiger partial charge in [0.05, 0.1) is 10.5 Å². The third-order valence-electron chi connectivity index (χ3n) is 2.62. The lowest BCUT2D eigenvalue weighted by Gasteiger charge is -2.08. The summed E-state index contributed by atoms with van der Waals surface area (Å²) in [5.74, 6) is -0.912. The smallest absolute Gasteiger partial charge is 0.335 e. The molecule has 7 nitrogen and oxygen atoms in total. The standard InChI is InChI=1S/C13H9BrN2O5/c1-7-4-8(13(17)18)2-3-11(7)21-12-10(16(19)20)5-9(14)6-15-12/h2-6H,1H3,(H,17,18). The van der Waals surface area contributed by atoms with E-state index in [1.54, 1.807) is 6.92 Å². The Hall–Kier alpha value is -2.48. The molecule has 2 aromatic rings. The summed E-state index contributed by atoms with van der Waals surface area (Å²) in [7, 11) is 0. The fourth-order valence-electron chi connectivity index (χ4n) is 1.63. The molecule has 0 atom stereocenters. The largest absolute Gasteiger partial charge is 0.478 e. The lowest BCUT2D eigenvalue weighted by molar-refractivity contribution is -0.386. The summed E-state index contributed by atoms with van der Waals surface area (Å²) in [6, 6.07) is 5.49. The molecule has 1 aromatic carbocycles. The van der Waals surface area contributed by atoms with Gasteiger partial charge in [-0.2, -0.15) is 0 Å². The van der Waals surface area contributed by atoms with Crippen LogP contribution in [0.2, 0.25) is 0 Å². The number of aromatic carboxylic acids is 1. The number of carboxylic acid groups (broad SMARTS) is 1. The van der Waals surface area contributed by atoms with E-state index in [0.29, 0.717) is 15.8 Å². The van der Waals surface area contributed by atoms with Crippen LogP contribution in [0.1, 0.15) is 15.9 Å². The second-order valence-electron chi connectivity index (χ2n) is 4.12. The Balaban J connectivity index is 2.39. The van der Waals surface area contributed by atoms with Crippen molar-refractivity contribution in [1.82, 2.24) is 4.98 Å².